The smallest absolute Gasteiger partial charge is 0.315 e. The average molecular weight is 172 g/mol. The first-order chi connectivity index (χ1) is 5.25. The van der Waals surface area contributed by atoms with Crippen LogP contribution in [0.3, 0.4) is 0 Å². The molecule has 0 rings (SSSR count). The van der Waals surface area contributed by atoms with Gasteiger partial charge in [0.05, 0.1) is 6.54 Å². The number of hydrogen-bond acceptors (Lipinski definition) is 2. The van der Waals surface area contributed by atoms with Crippen molar-refractivity contribution in [1.82, 2.24) is 4.90 Å². The fraction of sp³-hybridized carbons (Fsp3) is 0.750. The molecule has 0 radical (unpaired) electrons. The summed E-state index contributed by atoms with van der Waals surface area (Å²) in [7, 11) is 0. The van der Waals surface area contributed by atoms with Gasteiger partial charge in [0, 0.05) is 5.54 Å². The summed E-state index contributed by atoms with van der Waals surface area (Å²) >= 11 is 0. The molecule has 0 aliphatic rings. The van der Waals surface area contributed by atoms with E-state index in [0.29, 0.717) is 0 Å². The zero-order valence-electron chi connectivity index (χ0n) is 8.05. The number of ketones is 1. The molecule has 0 saturated heterocycles. The van der Waals surface area contributed by atoms with Crippen molar-refractivity contribution in [3.8, 4) is 0 Å². The SMILES string of the molecule is CC(=O)CN(C(N)=O)C(C)(C)C. The molecular weight excluding hydrogens is 156 g/mol. The number of nitrogens with zero attached hydrogens (tertiary/aromatic N) is 1. The van der Waals surface area contributed by atoms with Gasteiger partial charge < -0.3 is 10.6 Å². The molecule has 0 spiro atoms. The van der Waals surface area contributed by atoms with Gasteiger partial charge in [0.15, 0.2) is 0 Å². The van der Waals surface area contributed by atoms with E-state index in [0.717, 1.165) is 0 Å². The van der Waals surface area contributed by atoms with E-state index in [-0.39, 0.29) is 12.3 Å². The molecule has 4 heteroatoms. The fourth-order valence-electron chi connectivity index (χ4n) is 0.868. The van der Waals surface area contributed by atoms with Crippen LogP contribution in [0.25, 0.3) is 0 Å². The van der Waals surface area contributed by atoms with Crippen molar-refractivity contribution in [3.05, 3.63) is 0 Å². The lowest BCUT2D eigenvalue weighted by Gasteiger charge is -2.33. The summed E-state index contributed by atoms with van der Waals surface area (Å²) in [6.07, 6.45) is 0. The van der Waals surface area contributed by atoms with Crippen molar-refractivity contribution >= 4 is 11.8 Å². The van der Waals surface area contributed by atoms with E-state index in [1.54, 1.807) is 0 Å². The number of nitrogens with two attached hydrogens (primary N) is 1. The van der Waals surface area contributed by atoms with Gasteiger partial charge in [-0.1, -0.05) is 0 Å². The molecule has 0 saturated carbocycles. The van der Waals surface area contributed by atoms with Gasteiger partial charge in [-0.2, -0.15) is 0 Å². The number of hydrogen-bond donors (Lipinski definition) is 1. The van der Waals surface area contributed by atoms with Crippen LogP contribution in [0.4, 0.5) is 4.79 Å². The second-order valence-corrected chi connectivity index (χ2v) is 3.80. The van der Waals surface area contributed by atoms with Crippen molar-refractivity contribution in [2.45, 2.75) is 33.2 Å². The molecule has 0 aliphatic heterocycles. The van der Waals surface area contributed by atoms with Crippen molar-refractivity contribution in [1.29, 1.82) is 0 Å². The predicted molar refractivity (Wildman–Crippen MR) is 46.7 cm³/mol. The number of carbonyl (C=O) groups is 2. The molecule has 70 valence electrons. The summed E-state index contributed by atoms with van der Waals surface area (Å²) in [4.78, 5) is 23.0. The highest BCUT2D eigenvalue weighted by atomic mass is 16.2. The maximum absolute atomic E-state index is 10.9. The topological polar surface area (TPSA) is 63.4 Å². The summed E-state index contributed by atoms with van der Waals surface area (Å²) in [5, 5.41) is 0. The first kappa shape index (κ1) is 10.9. The summed E-state index contributed by atoms with van der Waals surface area (Å²) in [5.74, 6) is -0.0660. The number of amides is 2. The van der Waals surface area contributed by atoms with Gasteiger partial charge >= 0.3 is 6.03 Å². The number of Topliss-reactive ketones (excluding diaryl/α,β-unsaturated/α-hetero) is 1. The standard InChI is InChI=1S/C8H16N2O2/c1-6(11)5-10(7(9)12)8(2,3)4/h5H2,1-4H3,(H2,9,12). The van der Waals surface area contributed by atoms with Crippen LogP contribution < -0.4 is 5.73 Å². The van der Waals surface area contributed by atoms with Crippen LogP contribution in [0.15, 0.2) is 0 Å². The van der Waals surface area contributed by atoms with E-state index < -0.39 is 11.6 Å². The van der Waals surface area contributed by atoms with Crippen molar-refractivity contribution in [3.63, 3.8) is 0 Å². The zero-order valence-corrected chi connectivity index (χ0v) is 8.05. The molecule has 2 amide bonds. The molecule has 4 nitrogen and oxygen atoms in total. The maximum atomic E-state index is 10.9. The molecule has 2 N–H and O–H groups in total. The summed E-state index contributed by atoms with van der Waals surface area (Å²) < 4.78 is 0. The molecule has 0 aliphatic carbocycles. The lowest BCUT2D eigenvalue weighted by atomic mass is 10.1. The van der Waals surface area contributed by atoms with E-state index in [1.165, 1.54) is 11.8 Å². The van der Waals surface area contributed by atoms with Crippen LogP contribution in [0.5, 0.6) is 0 Å². The van der Waals surface area contributed by atoms with E-state index >= 15 is 0 Å². The summed E-state index contributed by atoms with van der Waals surface area (Å²) in [6, 6.07) is -0.558. The molecule has 0 fully saturated rings. The molecule has 0 atom stereocenters. The minimum atomic E-state index is -0.558. The Morgan fingerprint density at radius 3 is 1.83 bits per heavy atom. The minimum Gasteiger partial charge on any atom is -0.351 e. The highest BCUT2D eigenvalue weighted by Gasteiger charge is 2.25. The fourth-order valence-corrected chi connectivity index (χ4v) is 0.868. The molecule has 12 heavy (non-hydrogen) atoms. The van der Waals surface area contributed by atoms with Crippen molar-refractivity contribution in [2.75, 3.05) is 6.54 Å². The third-order valence-electron chi connectivity index (χ3n) is 1.46. The second-order valence-electron chi connectivity index (χ2n) is 3.80. The first-order valence-electron chi connectivity index (χ1n) is 3.81. The van der Waals surface area contributed by atoms with E-state index in [2.05, 4.69) is 0 Å². The normalized spacial score (nSPS) is 11.0. The Morgan fingerprint density at radius 1 is 1.33 bits per heavy atom. The van der Waals surface area contributed by atoms with Gasteiger partial charge in [0.1, 0.15) is 5.78 Å². The van der Waals surface area contributed by atoms with Crippen LogP contribution in [0, 0.1) is 0 Å². The van der Waals surface area contributed by atoms with E-state index in [9.17, 15) is 9.59 Å². The molecule has 0 bridgehead atoms. The van der Waals surface area contributed by atoms with E-state index in [4.69, 9.17) is 5.73 Å². The van der Waals surface area contributed by atoms with Gasteiger partial charge in [0.25, 0.3) is 0 Å². The lowest BCUT2D eigenvalue weighted by Crippen LogP contribution is -2.50. The van der Waals surface area contributed by atoms with Crippen LogP contribution in [-0.4, -0.2) is 28.8 Å². The molecule has 0 aromatic carbocycles. The largest absolute Gasteiger partial charge is 0.351 e. The predicted octanol–water partition coefficient (Wildman–Crippen LogP) is 0.755. The van der Waals surface area contributed by atoms with Crippen molar-refractivity contribution < 1.29 is 9.59 Å². The van der Waals surface area contributed by atoms with Crippen LogP contribution in [0.1, 0.15) is 27.7 Å². The quantitative estimate of drug-likeness (QED) is 0.668. The zero-order chi connectivity index (χ0) is 9.94. The molecule has 0 unspecified atom stereocenters. The monoisotopic (exact) mass is 172 g/mol. The lowest BCUT2D eigenvalue weighted by molar-refractivity contribution is -0.118. The van der Waals surface area contributed by atoms with Gasteiger partial charge in [-0.05, 0) is 27.7 Å². The van der Waals surface area contributed by atoms with Crippen LogP contribution in [-0.2, 0) is 4.79 Å². The Labute approximate surface area is 72.7 Å². The molecule has 0 heterocycles. The maximum Gasteiger partial charge on any atom is 0.315 e. The number of primary amides is 1. The van der Waals surface area contributed by atoms with Gasteiger partial charge in [-0.15, -0.1) is 0 Å². The Hall–Kier alpha value is -1.06. The number of rotatable bonds is 2. The molecule has 0 aromatic heterocycles. The Morgan fingerprint density at radius 2 is 1.75 bits per heavy atom. The summed E-state index contributed by atoms with van der Waals surface area (Å²) in [5.41, 5.74) is 4.71. The third-order valence-corrected chi connectivity index (χ3v) is 1.46. The van der Waals surface area contributed by atoms with Gasteiger partial charge in [0.2, 0.25) is 0 Å². The molecular formula is C8H16N2O2. The highest BCUT2D eigenvalue weighted by Crippen LogP contribution is 2.11. The van der Waals surface area contributed by atoms with Gasteiger partial charge in [-0.25, -0.2) is 4.79 Å². The number of carbonyl (C=O) groups excluding carboxylic acids is 2. The second kappa shape index (κ2) is 3.56. The summed E-state index contributed by atoms with van der Waals surface area (Å²) in [6.45, 7) is 7.02. The van der Waals surface area contributed by atoms with Crippen LogP contribution in [0.2, 0.25) is 0 Å². The van der Waals surface area contributed by atoms with Crippen molar-refractivity contribution in [2.24, 2.45) is 5.73 Å². The van der Waals surface area contributed by atoms with Gasteiger partial charge in [-0.3, -0.25) is 4.79 Å². The Balaban J connectivity index is 4.46. The first-order valence-corrected chi connectivity index (χ1v) is 3.81. The number of urea groups is 1. The van der Waals surface area contributed by atoms with E-state index in [1.807, 2.05) is 20.8 Å². The highest BCUT2D eigenvalue weighted by molar-refractivity contribution is 5.83. The third kappa shape index (κ3) is 3.37. The molecule has 0 aromatic rings. The average Bonchev–Trinajstić information content (AvgIpc) is 1.79. The van der Waals surface area contributed by atoms with Crippen LogP contribution >= 0.6 is 0 Å². The Bertz CT molecular complexity index is 194. The Kier molecular flexibility index (Phi) is 3.24. The minimum absolute atomic E-state index is 0.0660.